The van der Waals surface area contributed by atoms with Crippen molar-refractivity contribution in [3.05, 3.63) is 41.9 Å². The van der Waals surface area contributed by atoms with Crippen molar-refractivity contribution < 1.29 is 45.8 Å². The van der Waals surface area contributed by atoms with Gasteiger partial charge in [0.1, 0.15) is 23.1 Å². The zero-order valence-corrected chi connectivity index (χ0v) is 29.8. The molecule has 3 aromatic rings. The van der Waals surface area contributed by atoms with Crippen molar-refractivity contribution >= 4 is 22.8 Å². The lowest BCUT2D eigenvalue weighted by molar-refractivity contribution is -0.165. The smallest absolute Gasteiger partial charge is 0.330 e. The molecule has 7 fully saturated rings. The molecular formula is C39H43F6N5O4. The number of aromatic nitrogens is 3. The third-order valence-electron chi connectivity index (χ3n) is 13.4. The molecule has 2 aromatic heterocycles. The number of benzene rings is 1. The normalized spacial score (nSPS) is 32.9. The van der Waals surface area contributed by atoms with Crippen LogP contribution in [0.3, 0.4) is 0 Å². The number of rotatable bonds is 9. The molecule has 15 heteroatoms. The second kappa shape index (κ2) is 12.3. The number of carboxylic acids is 1. The molecule has 1 saturated heterocycles. The minimum atomic E-state index is -3.61. The summed E-state index contributed by atoms with van der Waals surface area (Å²) in [6.07, 6.45) is 7.17. The van der Waals surface area contributed by atoms with Gasteiger partial charge in [-0.1, -0.05) is 0 Å². The highest BCUT2D eigenvalue weighted by molar-refractivity contribution is 6.00. The molecule has 1 amide bonds. The van der Waals surface area contributed by atoms with Crippen molar-refractivity contribution in [2.45, 2.75) is 119 Å². The third kappa shape index (κ3) is 6.03. The molecule has 3 heterocycles. The SMILES string of the molecule is CC(F)(F)c1nc(-c2cn(C3CCC(F)(F)CC3)c3cc(O[C@H]4C[C@@H](N5CC(F)(F)C5)C4)ccc23)ncc1C(=O)NC1(C(=O)O)C2CC3CC(C2)CC1C3. The van der Waals surface area contributed by atoms with E-state index in [1.807, 2.05) is 4.57 Å². The van der Waals surface area contributed by atoms with E-state index in [0.717, 1.165) is 12.6 Å². The fourth-order valence-electron chi connectivity index (χ4n) is 10.8. The summed E-state index contributed by atoms with van der Waals surface area (Å²) in [4.78, 5) is 37.2. The first-order valence-electron chi connectivity index (χ1n) is 19.1. The van der Waals surface area contributed by atoms with E-state index in [0.29, 0.717) is 79.5 Å². The zero-order chi connectivity index (χ0) is 37.9. The molecule has 10 rings (SSSR count). The van der Waals surface area contributed by atoms with Gasteiger partial charge in [-0.3, -0.25) is 9.69 Å². The van der Waals surface area contributed by atoms with Gasteiger partial charge in [0.2, 0.25) is 5.92 Å². The van der Waals surface area contributed by atoms with Crippen LogP contribution < -0.4 is 10.1 Å². The number of likely N-dealkylation sites (tertiary alicyclic amines) is 1. The van der Waals surface area contributed by atoms with Crippen LogP contribution in [0, 0.1) is 23.7 Å². The number of carboxylic acid groups (broad SMARTS) is 1. The lowest BCUT2D eigenvalue weighted by Crippen LogP contribution is -2.70. The van der Waals surface area contributed by atoms with Gasteiger partial charge in [-0.2, -0.15) is 8.78 Å². The van der Waals surface area contributed by atoms with E-state index < -0.39 is 46.4 Å². The summed E-state index contributed by atoms with van der Waals surface area (Å²) in [5.41, 5.74) is -1.94. The second-order valence-corrected chi connectivity index (χ2v) is 17.1. The molecule has 1 aliphatic heterocycles. The van der Waals surface area contributed by atoms with Gasteiger partial charge >= 0.3 is 5.97 Å². The summed E-state index contributed by atoms with van der Waals surface area (Å²) >= 11 is 0. The fourth-order valence-corrected chi connectivity index (χ4v) is 10.8. The van der Waals surface area contributed by atoms with E-state index >= 15 is 8.78 Å². The Morgan fingerprint density at radius 1 is 0.926 bits per heavy atom. The standard InChI is InChI=1S/C39H43F6N5O4/c1-36(40,41)32-29(34(51)48-39(35(52)53)22-9-20-8-21(11-22)12-23(39)10-20)16-46-33(47-32)30-17-50(24-4-6-37(42,43)7-5-24)31-15-26(2-3-28(30)31)54-27-13-25(14-27)49-18-38(44,45)19-49/h2-3,15-17,20-25,27H,4-14,18-19H2,1H3,(H,48,51)(H,52,53)/t20?,21?,22?,23?,25-,27+,39?. The Labute approximate surface area is 307 Å². The number of carbonyl (C=O) groups excluding carboxylic acids is 1. The van der Waals surface area contributed by atoms with Crippen LogP contribution in [0.15, 0.2) is 30.6 Å². The summed E-state index contributed by atoms with van der Waals surface area (Å²) in [6, 6.07) is 4.90. The van der Waals surface area contributed by atoms with Gasteiger partial charge in [-0.15, -0.1) is 0 Å². The van der Waals surface area contributed by atoms with Crippen LogP contribution in [0.25, 0.3) is 22.3 Å². The van der Waals surface area contributed by atoms with Gasteiger partial charge in [0.25, 0.3) is 17.8 Å². The van der Waals surface area contributed by atoms with E-state index in [9.17, 15) is 32.3 Å². The Hall–Kier alpha value is -3.88. The Morgan fingerprint density at radius 2 is 1.57 bits per heavy atom. The molecule has 290 valence electrons. The van der Waals surface area contributed by atoms with Crippen molar-refractivity contribution in [3.8, 4) is 17.1 Å². The van der Waals surface area contributed by atoms with Crippen LogP contribution in [0.5, 0.6) is 5.75 Å². The monoisotopic (exact) mass is 759 g/mol. The Balaban J connectivity index is 1.03. The molecule has 54 heavy (non-hydrogen) atoms. The van der Waals surface area contributed by atoms with Crippen LogP contribution in [0.2, 0.25) is 0 Å². The third-order valence-corrected chi connectivity index (χ3v) is 13.4. The molecule has 4 bridgehead atoms. The largest absolute Gasteiger partial charge is 0.490 e. The van der Waals surface area contributed by atoms with E-state index in [4.69, 9.17) is 4.74 Å². The van der Waals surface area contributed by atoms with Crippen LogP contribution in [0.4, 0.5) is 26.3 Å². The molecule has 9 nitrogen and oxygen atoms in total. The average Bonchev–Trinajstić information content (AvgIpc) is 3.44. The molecule has 0 unspecified atom stereocenters. The van der Waals surface area contributed by atoms with E-state index in [2.05, 4.69) is 15.3 Å². The predicted molar refractivity (Wildman–Crippen MR) is 184 cm³/mol. The first kappa shape index (κ1) is 35.8. The average molecular weight is 760 g/mol. The van der Waals surface area contributed by atoms with Gasteiger partial charge in [0, 0.05) is 74.1 Å². The number of halogens is 6. The van der Waals surface area contributed by atoms with Crippen LogP contribution in [0.1, 0.15) is 99.6 Å². The fraction of sp³-hybridized carbons (Fsp3) is 0.641. The maximum absolute atomic E-state index is 15.4. The van der Waals surface area contributed by atoms with Crippen molar-refractivity contribution in [3.63, 3.8) is 0 Å². The summed E-state index contributed by atoms with van der Waals surface area (Å²) in [6.45, 7) is 0.119. The Bertz CT molecular complexity index is 1960. The van der Waals surface area contributed by atoms with Crippen molar-refractivity contribution in [1.29, 1.82) is 0 Å². The van der Waals surface area contributed by atoms with E-state index in [-0.39, 0.29) is 74.6 Å². The summed E-state index contributed by atoms with van der Waals surface area (Å²) in [7, 11) is 0. The molecule has 0 radical (unpaired) electrons. The number of amides is 1. The molecule has 2 N–H and O–H groups in total. The number of aliphatic carboxylic acids is 1. The lowest BCUT2D eigenvalue weighted by atomic mass is 9.48. The predicted octanol–water partition coefficient (Wildman–Crippen LogP) is 7.83. The molecule has 1 aromatic carbocycles. The number of nitrogens with one attached hydrogen (secondary N) is 1. The first-order chi connectivity index (χ1) is 25.5. The Kier molecular flexibility index (Phi) is 8.16. The van der Waals surface area contributed by atoms with Crippen molar-refractivity contribution in [1.82, 2.24) is 24.8 Å². The van der Waals surface area contributed by atoms with Crippen molar-refractivity contribution in [2.24, 2.45) is 23.7 Å². The van der Waals surface area contributed by atoms with Crippen LogP contribution >= 0.6 is 0 Å². The van der Waals surface area contributed by atoms with Gasteiger partial charge in [-0.05, 0) is 80.8 Å². The number of hydrogen-bond donors (Lipinski definition) is 2. The molecule has 0 atom stereocenters. The second-order valence-electron chi connectivity index (χ2n) is 17.1. The van der Waals surface area contributed by atoms with Gasteiger partial charge in [0.05, 0.1) is 24.2 Å². The topological polar surface area (TPSA) is 110 Å². The highest BCUT2D eigenvalue weighted by Crippen LogP contribution is 2.58. The molecule has 6 aliphatic carbocycles. The number of carbonyl (C=O) groups is 2. The molecular weight excluding hydrogens is 716 g/mol. The molecule has 6 saturated carbocycles. The zero-order valence-electron chi connectivity index (χ0n) is 29.8. The first-order valence-corrected chi connectivity index (χ1v) is 19.1. The highest BCUT2D eigenvalue weighted by Gasteiger charge is 2.62. The molecule has 0 spiro atoms. The molecule has 7 aliphatic rings. The summed E-state index contributed by atoms with van der Waals surface area (Å²) in [5.74, 6) is -10.5. The number of fused-ring (bicyclic) bond motifs is 1. The number of hydrogen-bond acceptors (Lipinski definition) is 6. The number of nitrogens with zero attached hydrogens (tertiary/aromatic N) is 4. The maximum atomic E-state index is 15.4. The van der Waals surface area contributed by atoms with Crippen LogP contribution in [-0.2, 0) is 10.7 Å². The van der Waals surface area contributed by atoms with Crippen molar-refractivity contribution in [2.75, 3.05) is 13.1 Å². The maximum Gasteiger partial charge on any atom is 0.330 e. The van der Waals surface area contributed by atoms with Gasteiger partial charge < -0.3 is 19.7 Å². The van der Waals surface area contributed by atoms with E-state index in [1.165, 1.54) is 0 Å². The minimum absolute atomic E-state index is 0.0216. The number of ether oxygens (including phenoxy) is 1. The Morgan fingerprint density at radius 3 is 2.17 bits per heavy atom. The minimum Gasteiger partial charge on any atom is -0.490 e. The lowest BCUT2D eigenvalue weighted by Gasteiger charge is -2.59. The number of alkyl halides is 6. The summed E-state index contributed by atoms with van der Waals surface area (Å²) in [5, 5.41) is 13.8. The van der Waals surface area contributed by atoms with Gasteiger partial charge in [-0.25, -0.2) is 32.3 Å². The quantitative estimate of drug-likeness (QED) is 0.214. The van der Waals surface area contributed by atoms with Gasteiger partial charge in [0.15, 0.2) is 5.82 Å². The van der Waals surface area contributed by atoms with Crippen LogP contribution in [-0.4, -0.2) is 79.0 Å². The summed E-state index contributed by atoms with van der Waals surface area (Å²) < 4.78 is 94.1. The highest BCUT2D eigenvalue weighted by atomic mass is 19.3. The van der Waals surface area contributed by atoms with E-state index in [1.54, 1.807) is 29.3 Å².